The summed E-state index contributed by atoms with van der Waals surface area (Å²) in [4.78, 5) is 4.36. The van der Waals surface area contributed by atoms with Crippen molar-refractivity contribution in [3.8, 4) is 16.9 Å². The molecule has 1 unspecified atom stereocenters. The molecule has 2 aromatic rings. The molecule has 140 valence electrons. The molecule has 1 aliphatic rings. The quantitative estimate of drug-likeness (QED) is 0.714. The van der Waals surface area contributed by atoms with Crippen LogP contribution in [0.25, 0.3) is 11.1 Å². The van der Waals surface area contributed by atoms with E-state index in [1.165, 1.54) is 5.56 Å². The predicted octanol–water partition coefficient (Wildman–Crippen LogP) is 4.11. The molecular formula is C20H27ClN4O. The number of anilines is 1. The second-order valence-corrected chi connectivity index (χ2v) is 7.05. The average Bonchev–Trinajstić information content (AvgIpc) is 3.06. The molecule has 0 aliphatic carbocycles. The van der Waals surface area contributed by atoms with Crippen LogP contribution in [0.1, 0.15) is 32.3 Å². The molecule has 5 nitrogen and oxygen atoms in total. The largest absolute Gasteiger partial charge is 0.493 e. The fourth-order valence-electron chi connectivity index (χ4n) is 3.13. The highest BCUT2D eigenvalue weighted by Crippen LogP contribution is 2.31. The van der Waals surface area contributed by atoms with Crippen LogP contribution in [-0.2, 0) is 6.42 Å². The Morgan fingerprint density at radius 1 is 1.31 bits per heavy atom. The maximum Gasteiger partial charge on any atom is 0.153 e. The number of rotatable bonds is 7. The van der Waals surface area contributed by atoms with E-state index in [0.29, 0.717) is 5.15 Å². The number of benzene rings is 1. The van der Waals surface area contributed by atoms with Crippen molar-refractivity contribution in [1.29, 1.82) is 0 Å². The number of aromatic nitrogens is 1. The van der Waals surface area contributed by atoms with Gasteiger partial charge in [-0.15, -0.1) is 0 Å². The van der Waals surface area contributed by atoms with Crippen LogP contribution in [-0.4, -0.2) is 35.7 Å². The molecule has 0 saturated carbocycles. The van der Waals surface area contributed by atoms with Gasteiger partial charge >= 0.3 is 0 Å². The van der Waals surface area contributed by atoms with Crippen molar-refractivity contribution in [1.82, 2.24) is 9.99 Å². The summed E-state index contributed by atoms with van der Waals surface area (Å²) >= 11 is 6.29. The van der Waals surface area contributed by atoms with Gasteiger partial charge in [0.1, 0.15) is 5.75 Å². The van der Waals surface area contributed by atoms with Gasteiger partial charge in [-0.05, 0) is 48.6 Å². The van der Waals surface area contributed by atoms with E-state index in [9.17, 15) is 0 Å². The number of nitrogens with one attached hydrogen (secondary N) is 1. The van der Waals surface area contributed by atoms with Crippen LogP contribution in [0.2, 0.25) is 5.15 Å². The van der Waals surface area contributed by atoms with E-state index in [1.54, 1.807) is 0 Å². The van der Waals surface area contributed by atoms with Gasteiger partial charge in [0.25, 0.3) is 0 Å². The molecule has 1 aliphatic heterocycles. The first-order valence-electron chi connectivity index (χ1n) is 9.29. The topological polar surface area (TPSA) is 63.4 Å². The third-order valence-electron chi connectivity index (χ3n) is 4.58. The number of pyridine rings is 1. The van der Waals surface area contributed by atoms with Crippen LogP contribution in [0.3, 0.4) is 0 Å². The number of ether oxygens (including phenoxy) is 1. The Balaban J connectivity index is 1.83. The number of nitrogens with two attached hydrogens (primary N) is 1. The summed E-state index contributed by atoms with van der Waals surface area (Å²) in [5.41, 5.74) is 13.5. The highest BCUT2D eigenvalue weighted by Gasteiger charge is 2.20. The molecule has 1 aromatic carbocycles. The van der Waals surface area contributed by atoms with Gasteiger partial charge in [-0.25, -0.2) is 9.99 Å². The molecule has 0 bridgehead atoms. The Bertz CT molecular complexity index is 753. The lowest BCUT2D eigenvalue weighted by molar-refractivity contribution is 0.314. The minimum Gasteiger partial charge on any atom is -0.493 e. The van der Waals surface area contributed by atoms with Crippen LogP contribution in [0.4, 0.5) is 5.69 Å². The van der Waals surface area contributed by atoms with Crippen molar-refractivity contribution in [2.24, 2.45) is 5.73 Å². The Morgan fingerprint density at radius 2 is 2.15 bits per heavy atom. The standard InChI is InChI=1S/C20H27ClN4O/c1-3-9-26-19-6-5-15(10-14(19)4-2)16-11-18(20(21)23-12-16)24-25-8-7-17(22)13-25/h5-6,10-12,17,24H,3-4,7-9,13,22H2,1-2H3. The SMILES string of the molecule is CCCOc1ccc(-c2cnc(Cl)c(NN3CCC(N)C3)c2)cc1CC. The summed E-state index contributed by atoms with van der Waals surface area (Å²) in [7, 11) is 0. The molecule has 0 spiro atoms. The first-order chi connectivity index (χ1) is 12.6. The lowest BCUT2D eigenvalue weighted by Crippen LogP contribution is -2.31. The van der Waals surface area contributed by atoms with Gasteiger partial charge in [0.2, 0.25) is 0 Å². The highest BCUT2D eigenvalue weighted by molar-refractivity contribution is 6.32. The second kappa shape index (κ2) is 8.71. The number of hydrazine groups is 1. The van der Waals surface area contributed by atoms with Gasteiger partial charge in [0.15, 0.2) is 5.15 Å². The zero-order valence-electron chi connectivity index (χ0n) is 15.5. The molecule has 6 heteroatoms. The van der Waals surface area contributed by atoms with Crippen molar-refractivity contribution < 1.29 is 4.74 Å². The third kappa shape index (κ3) is 4.47. The molecule has 1 aromatic heterocycles. The van der Waals surface area contributed by atoms with Gasteiger partial charge in [-0.1, -0.05) is 31.5 Å². The van der Waals surface area contributed by atoms with Crippen molar-refractivity contribution in [3.05, 3.63) is 41.2 Å². The maximum absolute atomic E-state index is 6.29. The Kier molecular flexibility index (Phi) is 6.35. The lowest BCUT2D eigenvalue weighted by Gasteiger charge is -2.19. The van der Waals surface area contributed by atoms with Crippen molar-refractivity contribution in [2.75, 3.05) is 25.1 Å². The molecule has 1 atom stereocenters. The number of nitrogens with zero attached hydrogens (tertiary/aromatic N) is 2. The number of hydrogen-bond donors (Lipinski definition) is 2. The normalized spacial score (nSPS) is 17.5. The highest BCUT2D eigenvalue weighted by atomic mass is 35.5. The Morgan fingerprint density at radius 3 is 2.85 bits per heavy atom. The summed E-state index contributed by atoms with van der Waals surface area (Å²) in [6, 6.07) is 8.54. The summed E-state index contributed by atoms with van der Waals surface area (Å²) in [6.45, 7) is 6.71. The fourth-order valence-corrected chi connectivity index (χ4v) is 3.28. The van der Waals surface area contributed by atoms with Gasteiger partial charge in [0.05, 0.1) is 12.3 Å². The molecule has 3 N–H and O–H groups in total. The summed E-state index contributed by atoms with van der Waals surface area (Å²) in [6.07, 6.45) is 4.72. The van der Waals surface area contributed by atoms with Crippen LogP contribution >= 0.6 is 11.6 Å². The molecule has 2 heterocycles. The molecule has 26 heavy (non-hydrogen) atoms. The van der Waals surface area contributed by atoms with E-state index in [0.717, 1.165) is 61.5 Å². The molecule has 0 amide bonds. The predicted molar refractivity (Wildman–Crippen MR) is 108 cm³/mol. The molecule has 1 saturated heterocycles. The van der Waals surface area contributed by atoms with Crippen LogP contribution in [0, 0.1) is 0 Å². The minimum absolute atomic E-state index is 0.209. The summed E-state index contributed by atoms with van der Waals surface area (Å²) < 4.78 is 5.84. The number of aryl methyl sites for hydroxylation is 1. The first kappa shape index (κ1) is 19.0. The molecular weight excluding hydrogens is 348 g/mol. The van der Waals surface area contributed by atoms with Crippen molar-refractivity contribution in [2.45, 2.75) is 39.2 Å². The lowest BCUT2D eigenvalue weighted by atomic mass is 10.0. The van der Waals surface area contributed by atoms with Crippen molar-refractivity contribution in [3.63, 3.8) is 0 Å². The van der Waals surface area contributed by atoms with Gasteiger partial charge < -0.3 is 15.9 Å². The number of halogens is 1. The van der Waals surface area contributed by atoms with Crippen LogP contribution < -0.4 is 15.9 Å². The van der Waals surface area contributed by atoms with Crippen LogP contribution in [0.5, 0.6) is 5.75 Å². The third-order valence-corrected chi connectivity index (χ3v) is 4.88. The molecule has 1 fully saturated rings. The van der Waals surface area contributed by atoms with E-state index in [2.05, 4.69) is 41.4 Å². The number of hydrogen-bond acceptors (Lipinski definition) is 5. The zero-order valence-corrected chi connectivity index (χ0v) is 16.2. The fraction of sp³-hybridized carbons (Fsp3) is 0.450. The summed E-state index contributed by atoms with van der Waals surface area (Å²) in [5.74, 6) is 0.962. The van der Waals surface area contributed by atoms with E-state index in [-0.39, 0.29) is 6.04 Å². The van der Waals surface area contributed by atoms with E-state index < -0.39 is 0 Å². The second-order valence-electron chi connectivity index (χ2n) is 6.69. The smallest absolute Gasteiger partial charge is 0.153 e. The minimum atomic E-state index is 0.209. The Labute approximate surface area is 160 Å². The maximum atomic E-state index is 6.29. The van der Waals surface area contributed by atoms with E-state index >= 15 is 0 Å². The van der Waals surface area contributed by atoms with Gasteiger partial charge in [-0.2, -0.15) is 0 Å². The monoisotopic (exact) mass is 374 g/mol. The van der Waals surface area contributed by atoms with Crippen LogP contribution in [0.15, 0.2) is 30.5 Å². The van der Waals surface area contributed by atoms with Crippen molar-refractivity contribution >= 4 is 17.3 Å². The van der Waals surface area contributed by atoms with E-state index in [1.807, 2.05) is 18.3 Å². The average molecular weight is 375 g/mol. The Hall–Kier alpha value is -1.82. The molecule has 0 radical (unpaired) electrons. The van der Waals surface area contributed by atoms with Gasteiger partial charge in [-0.3, -0.25) is 0 Å². The molecule has 3 rings (SSSR count). The zero-order chi connectivity index (χ0) is 18.5. The first-order valence-corrected chi connectivity index (χ1v) is 9.67. The van der Waals surface area contributed by atoms with E-state index in [4.69, 9.17) is 22.1 Å². The van der Waals surface area contributed by atoms with Gasteiger partial charge in [0, 0.05) is 30.9 Å². The summed E-state index contributed by atoms with van der Waals surface area (Å²) in [5, 5.41) is 2.56.